The zero-order chi connectivity index (χ0) is 21.3. The number of nitrogens with one attached hydrogen (secondary N) is 1. The first-order chi connectivity index (χ1) is 13.1. The molecule has 7 heteroatoms. The van der Waals surface area contributed by atoms with Crippen LogP contribution in [0.1, 0.15) is 70.5 Å². The molecule has 158 valence electrons. The van der Waals surface area contributed by atoms with Gasteiger partial charge in [-0.15, -0.1) is 0 Å². The van der Waals surface area contributed by atoms with E-state index in [0.29, 0.717) is 31.5 Å². The molecule has 0 bridgehead atoms. The van der Waals surface area contributed by atoms with Crippen LogP contribution in [0.3, 0.4) is 0 Å². The number of alkyl halides is 3. The van der Waals surface area contributed by atoms with Gasteiger partial charge < -0.3 is 10.2 Å². The van der Waals surface area contributed by atoms with E-state index in [1.54, 1.807) is 11.0 Å². The van der Waals surface area contributed by atoms with Crippen LogP contribution in [-0.4, -0.2) is 29.8 Å². The first-order valence-electron chi connectivity index (χ1n) is 9.82. The van der Waals surface area contributed by atoms with Gasteiger partial charge in [0.15, 0.2) is 0 Å². The molecule has 1 aromatic carbocycles. The quantitative estimate of drug-likeness (QED) is 0.604. The van der Waals surface area contributed by atoms with Gasteiger partial charge >= 0.3 is 6.18 Å². The number of hydrogen-bond donors (Lipinski definition) is 1. The topological polar surface area (TPSA) is 49.4 Å². The van der Waals surface area contributed by atoms with Crippen molar-refractivity contribution < 1.29 is 22.8 Å². The van der Waals surface area contributed by atoms with Crippen LogP contribution in [0.5, 0.6) is 0 Å². The van der Waals surface area contributed by atoms with Crippen LogP contribution < -0.4 is 5.32 Å². The van der Waals surface area contributed by atoms with Gasteiger partial charge in [-0.25, -0.2) is 0 Å². The smallest absolute Gasteiger partial charge is 0.349 e. The minimum atomic E-state index is -4.42. The van der Waals surface area contributed by atoms with Crippen molar-refractivity contribution >= 4 is 11.8 Å². The van der Waals surface area contributed by atoms with E-state index in [9.17, 15) is 22.8 Å². The number of rotatable bonds is 10. The highest BCUT2D eigenvalue weighted by Gasteiger charge is 2.31. The van der Waals surface area contributed by atoms with Crippen molar-refractivity contribution in [3.8, 4) is 0 Å². The Morgan fingerprint density at radius 2 is 1.75 bits per heavy atom. The largest absolute Gasteiger partial charge is 0.416 e. The first kappa shape index (κ1) is 24.0. The summed E-state index contributed by atoms with van der Waals surface area (Å²) in [6.45, 7) is 8.98. The molecule has 1 aromatic rings. The average Bonchev–Trinajstić information content (AvgIpc) is 2.61. The Bertz CT molecular complexity index is 641. The number of hydrogen-bond acceptors (Lipinski definition) is 2. The lowest BCUT2D eigenvalue weighted by atomic mass is 9.95. The summed E-state index contributed by atoms with van der Waals surface area (Å²) in [5.74, 6) is -0.0473. The van der Waals surface area contributed by atoms with Crippen molar-refractivity contribution in [1.82, 2.24) is 10.2 Å². The highest BCUT2D eigenvalue weighted by molar-refractivity contribution is 5.79. The maximum Gasteiger partial charge on any atom is 0.416 e. The minimum absolute atomic E-state index is 0.00871. The van der Waals surface area contributed by atoms with E-state index in [-0.39, 0.29) is 30.6 Å². The number of carbonyl (C=O) groups excluding carboxylic acids is 2. The number of carbonyl (C=O) groups is 2. The van der Waals surface area contributed by atoms with Crippen LogP contribution >= 0.6 is 0 Å². The molecule has 0 fully saturated rings. The second-order valence-electron chi connectivity index (χ2n) is 7.29. The molecule has 0 aliphatic rings. The SMILES string of the molecule is CCN(CC)C(=O)CCCC(=O)NC(CC(C)C)c1cccc(C(F)(F)F)c1. The minimum Gasteiger partial charge on any atom is -0.349 e. The molecule has 0 saturated carbocycles. The van der Waals surface area contributed by atoms with Gasteiger partial charge in [0.1, 0.15) is 0 Å². The summed E-state index contributed by atoms with van der Waals surface area (Å²) in [5.41, 5.74) is -0.283. The fraction of sp³-hybridized carbons (Fsp3) is 0.619. The molecule has 2 amide bonds. The molecule has 0 saturated heterocycles. The van der Waals surface area contributed by atoms with E-state index in [0.717, 1.165) is 12.1 Å². The number of amides is 2. The first-order valence-corrected chi connectivity index (χ1v) is 9.82. The normalized spacial score (nSPS) is 12.7. The predicted octanol–water partition coefficient (Wildman–Crippen LogP) is 4.95. The number of benzene rings is 1. The maximum atomic E-state index is 13.0. The molecule has 0 radical (unpaired) electrons. The van der Waals surface area contributed by atoms with E-state index >= 15 is 0 Å². The maximum absolute atomic E-state index is 13.0. The molecule has 1 rings (SSSR count). The van der Waals surface area contributed by atoms with Gasteiger partial charge in [-0.05, 0) is 50.3 Å². The summed E-state index contributed by atoms with van der Waals surface area (Å²) in [6, 6.07) is 4.59. The van der Waals surface area contributed by atoms with Crippen molar-refractivity contribution in [2.24, 2.45) is 5.92 Å². The summed E-state index contributed by atoms with van der Waals surface area (Å²) in [6.07, 6.45) is -3.02. The second kappa shape index (κ2) is 11.1. The summed E-state index contributed by atoms with van der Waals surface area (Å²) >= 11 is 0. The van der Waals surface area contributed by atoms with E-state index in [4.69, 9.17) is 0 Å². The van der Waals surface area contributed by atoms with Crippen molar-refractivity contribution in [2.45, 2.75) is 65.6 Å². The molecular weight excluding hydrogens is 369 g/mol. The Labute approximate surface area is 165 Å². The molecule has 0 aliphatic heterocycles. The monoisotopic (exact) mass is 400 g/mol. The molecule has 0 aliphatic carbocycles. The zero-order valence-electron chi connectivity index (χ0n) is 17.1. The standard InChI is InChI=1S/C21H31F3N2O2/c1-5-26(6-2)20(28)12-8-11-19(27)25-18(13-15(3)4)16-9-7-10-17(14-16)21(22,23)24/h7,9-10,14-15,18H,5-6,8,11-13H2,1-4H3,(H,25,27). The molecule has 0 spiro atoms. The Balaban J connectivity index is 2.74. The fourth-order valence-electron chi connectivity index (χ4n) is 3.08. The van der Waals surface area contributed by atoms with Crippen LogP contribution in [0.4, 0.5) is 13.2 Å². The Hall–Kier alpha value is -2.05. The van der Waals surface area contributed by atoms with Gasteiger partial charge in [0.2, 0.25) is 11.8 Å². The van der Waals surface area contributed by atoms with Crippen LogP contribution in [-0.2, 0) is 15.8 Å². The predicted molar refractivity (Wildman–Crippen MR) is 104 cm³/mol. The fourth-order valence-corrected chi connectivity index (χ4v) is 3.08. The highest BCUT2D eigenvalue weighted by atomic mass is 19.4. The Morgan fingerprint density at radius 3 is 2.29 bits per heavy atom. The summed E-state index contributed by atoms with van der Waals surface area (Å²) in [5, 5.41) is 2.84. The molecule has 1 N–H and O–H groups in total. The van der Waals surface area contributed by atoms with Crippen molar-refractivity contribution in [3.05, 3.63) is 35.4 Å². The molecule has 4 nitrogen and oxygen atoms in total. The molecule has 0 heterocycles. The van der Waals surface area contributed by atoms with Gasteiger partial charge in [-0.3, -0.25) is 9.59 Å². The molecule has 28 heavy (non-hydrogen) atoms. The zero-order valence-corrected chi connectivity index (χ0v) is 17.1. The summed E-state index contributed by atoms with van der Waals surface area (Å²) < 4.78 is 39.0. The van der Waals surface area contributed by atoms with E-state index in [1.165, 1.54) is 6.07 Å². The van der Waals surface area contributed by atoms with E-state index in [1.807, 2.05) is 27.7 Å². The molecule has 1 unspecified atom stereocenters. The lowest BCUT2D eigenvalue weighted by Gasteiger charge is -2.22. The lowest BCUT2D eigenvalue weighted by molar-refractivity contribution is -0.137. The van der Waals surface area contributed by atoms with Crippen molar-refractivity contribution in [2.75, 3.05) is 13.1 Å². The Kier molecular flexibility index (Phi) is 9.49. The number of nitrogens with zero attached hydrogens (tertiary/aromatic N) is 1. The van der Waals surface area contributed by atoms with Gasteiger partial charge in [-0.2, -0.15) is 13.2 Å². The van der Waals surface area contributed by atoms with Gasteiger partial charge in [0, 0.05) is 25.9 Å². The third kappa shape index (κ3) is 7.90. The lowest BCUT2D eigenvalue weighted by Crippen LogP contribution is -2.31. The molecule has 1 atom stereocenters. The molecular formula is C21H31F3N2O2. The summed E-state index contributed by atoms with van der Waals surface area (Å²) in [4.78, 5) is 26.0. The number of halogens is 3. The summed E-state index contributed by atoms with van der Waals surface area (Å²) in [7, 11) is 0. The second-order valence-corrected chi connectivity index (χ2v) is 7.29. The van der Waals surface area contributed by atoms with Crippen LogP contribution in [0, 0.1) is 5.92 Å². The third-order valence-corrected chi connectivity index (χ3v) is 4.57. The van der Waals surface area contributed by atoms with Crippen LogP contribution in [0.15, 0.2) is 24.3 Å². The van der Waals surface area contributed by atoms with Gasteiger partial charge in [-0.1, -0.05) is 26.0 Å². The van der Waals surface area contributed by atoms with Crippen LogP contribution in [0.25, 0.3) is 0 Å². The van der Waals surface area contributed by atoms with Crippen molar-refractivity contribution in [3.63, 3.8) is 0 Å². The Morgan fingerprint density at radius 1 is 1.11 bits per heavy atom. The molecule has 0 aromatic heterocycles. The van der Waals surface area contributed by atoms with Gasteiger partial charge in [0.25, 0.3) is 0 Å². The van der Waals surface area contributed by atoms with Gasteiger partial charge in [0.05, 0.1) is 11.6 Å². The third-order valence-electron chi connectivity index (χ3n) is 4.57. The highest BCUT2D eigenvalue weighted by Crippen LogP contribution is 2.32. The van der Waals surface area contributed by atoms with Crippen molar-refractivity contribution in [1.29, 1.82) is 0 Å². The van der Waals surface area contributed by atoms with E-state index in [2.05, 4.69) is 5.32 Å². The average molecular weight is 400 g/mol. The van der Waals surface area contributed by atoms with Crippen LogP contribution in [0.2, 0.25) is 0 Å². The van der Waals surface area contributed by atoms with E-state index < -0.39 is 17.8 Å².